The van der Waals surface area contributed by atoms with Crippen LogP contribution in [0.25, 0.3) is 0 Å². The summed E-state index contributed by atoms with van der Waals surface area (Å²) in [5.41, 5.74) is 0.255. The molecule has 1 fully saturated rings. The highest BCUT2D eigenvalue weighted by molar-refractivity contribution is 7.80. The molecule has 104 valence electrons. The minimum atomic E-state index is -0.287. The van der Waals surface area contributed by atoms with E-state index in [4.69, 9.17) is 12.2 Å². The van der Waals surface area contributed by atoms with Gasteiger partial charge in [-0.25, -0.2) is 0 Å². The van der Waals surface area contributed by atoms with Crippen molar-refractivity contribution in [3.8, 4) is 0 Å². The van der Waals surface area contributed by atoms with Crippen molar-refractivity contribution in [3.63, 3.8) is 0 Å². The van der Waals surface area contributed by atoms with Crippen LogP contribution in [0.3, 0.4) is 0 Å². The molecule has 1 aliphatic rings. The lowest BCUT2D eigenvalue weighted by Crippen LogP contribution is -2.53. The Morgan fingerprint density at radius 3 is 2.21 bits per heavy atom. The second-order valence-electron chi connectivity index (χ2n) is 4.93. The van der Waals surface area contributed by atoms with Gasteiger partial charge in [0.25, 0.3) is 11.8 Å². The Kier molecular flexibility index (Phi) is 5.72. The summed E-state index contributed by atoms with van der Waals surface area (Å²) in [5, 5.41) is 0.259. The fraction of sp³-hybridized carbons (Fsp3) is 0.615. The molecule has 0 aromatic heterocycles. The highest BCUT2D eigenvalue weighted by Gasteiger charge is 2.35. The number of amides is 2. The Morgan fingerprint density at radius 1 is 1.21 bits per heavy atom. The van der Waals surface area contributed by atoms with Gasteiger partial charge in [-0.1, -0.05) is 32.8 Å². The minimum absolute atomic E-state index is 0.255. The molecule has 1 heterocycles. The van der Waals surface area contributed by atoms with Crippen LogP contribution in [0.15, 0.2) is 11.6 Å². The number of likely N-dealkylation sites (N-methyl/N-ethyl adjacent to an activating group) is 1. The first-order valence-corrected chi connectivity index (χ1v) is 7.16. The van der Waals surface area contributed by atoms with E-state index < -0.39 is 0 Å². The summed E-state index contributed by atoms with van der Waals surface area (Å²) < 4.78 is 0. The average Bonchev–Trinajstić information content (AvgIpc) is 2.39. The first-order valence-electron chi connectivity index (χ1n) is 6.75. The number of hydrogen-bond acceptors (Lipinski definition) is 3. The molecule has 1 aliphatic heterocycles. The van der Waals surface area contributed by atoms with Crippen LogP contribution in [0.1, 0.15) is 39.5 Å². The molecule has 0 aromatic rings. The quantitative estimate of drug-likeness (QED) is 0.329. The molecule has 0 bridgehead atoms. The van der Waals surface area contributed by atoms with E-state index in [1.165, 1.54) is 9.71 Å². The lowest BCUT2D eigenvalue weighted by molar-refractivity contribution is -0.130. The van der Waals surface area contributed by atoms with Gasteiger partial charge in [0.15, 0.2) is 5.11 Å². The molecule has 0 spiro atoms. The van der Waals surface area contributed by atoms with E-state index >= 15 is 0 Å². The van der Waals surface area contributed by atoms with E-state index in [1.807, 2.05) is 6.08 Å². The number of nitrogens with zero attached hydrogens (tertiary/aromatic N) is 2. The number of carbonyl (C=O) groups excluding carboxylic acids is 2. The largest absolute Gasteiger partial charge is 0.338 e. The zero-order valence-corrected chi connectivity index (χ0v) is 12.9. The maximum absolute atomic E-state index is 12.2. The fourth-order valence-corrected chi connectivity index (χ4v) is 2.45. The summed E-state index contributed by atoms with van der Waals surface area (Å²) in [5.74, 6) is -0.290. The van der Waals surface area contributed by atoms with Crippen molar-refractivity contribution in [2.45, 2.75) is 39.5 Å². The molecule has 0 unspecified atom stereocenters. The van der Waals surface area contributed by atoms with Crippen molar-refractivity contribution >= 4 is 37.1 Å². The molecule has 1 saturated heterocycles. The Labute approximate surface area is 121 Å². The first kappa shape index (κ1) is 15.9. The van der Waals surface area contributed by atoms with Gasteiger partial charge in [-0.15, -0.1) is 0 Å². The number of hydrogen-bond donors (Lipinski definition) is 0. The molecule has 6 heteroatoms. The van der Waals surface area contributed by atoms with Crippen LogP contribution in [-0.2, 0) is 9.59 Å². The molecular formula is C13H21BN2O2S. The zero-order chi connectivity index (χ0) is 14.6. The van der Waals surface area contributed by atoms with Gasteiger partial charge in [0.2, 0.25) is 7.98 Å². The second-order valence-corrected chi connectivity index (χ2v) is 5.29. The molecule has 2 amide bonds. The van der Waals surface area contributed by atoms with E-state index in [0.29, 0.717) is 0 Å². The van der Waals surface area contributed by atoms with E-state index in [2.05, 4.69) is 13.8 Å². The third-order valence-corrected chi connectivity index (χ3v) is 3.91. The summed E-state index contributed by atoms with van der Waals surface area (Å²) in [6, 6.07) is 0. The van der Waals surface area contributed by atoms with Crippen molar-refractivity contribution in [2.24, 2.45) is 5.92 Å². The Balaban J connectivity index is 3.04. The van der Waals surface area contributed by atoms with Crippen molar-refractivity contribution in [1.29, 1.82) is 0 Å². The standard InChI is InChI=1S/C13H21BN2O2S/c1-4-6-9(7-5-2)8-10-11(17)15(3)13(19)16(14)12(10)18/h8-9H,4-7,14H2,1-3H3/b10-8+. The van der Waals surface area contributed by atoms with Gasteiger partial charge in [-0.05, 0) is 31.0 Å². The predicted octanol–water partition coefficient (Wildman–Crippen LogP) is 1.26. The summed E-state index contributed by atoms with van der Waals surface area (Å²) in [7, 11) is 3.21. The van der Waals surface area contributed by atoms with Gasteiger partial charge < -0.3 is 4.81 Å². The van der Waals surface area contributed by atoms with Gasteiger partial charge in [0.05, 0.1) is 0 Å². The van der Waals surface area contributed by atoms with Crippen LogP contribution in [0.4, 0.5) is 0 Å². The summed E-state index contributed by atoms with van der Waals surface area (Å²) in [6.45, 7) is 4.22. The fourth-order valence-electron chi connectivity index (χ4n) is 2.28. The normalized spacial score (nSPS) is 18.9. The maximum Gasteiger partial charge on any atom is 0.264 e. The van der Waals surface area contributed by atoms with E-state index in [0.717, 1.165) is 25.7 Å². The Morgan fingerprint density at radius 2 is 1.74 bits per heavy atom. The molecule has 0 aromatic carbocycles. The molecule has 0 N–H and O–H groups in total. The van der Waals surface area contributed by atoms with Crippen molar-refractivity contribution in [3.05, 3.63) is 11.6 Å². The van der Waals surface area contributed by atoms with Crippen molar-refractivity contribution in [2.75, 3.05) is 7.05 Å². The summed E-state index contributed by atoms with van der Waals surface area (Å²) >= 11 is 5.06. The van der Waals surface area contributed by atoms with E-state index in [-0.39, 0.29) is 28.4 Å². The van der Waals surface area contributed by atoms with E-state index in [9.17, 15) is 9.59 Å². The van der Waals surface area contributed by atoms with Gasteiger partial charge in [-0.2, -0.15) is 0 Å². The summed E-state index contributed by atoms with van der Waals surface area (Å²) in [6.07, 6.45) is 5.92. The zero-order valence-electron chi connectivity index (χ0n) is 12.1. The van der Waals surface area contributed by atoms with Crippen molar-refractivity contribution in [1.82, 2.24) is 9.71 Å². The molecule has 0 aliphatic carbocycles. The van der Waals surface area contributed by atoms with Gasteiger partial charge in [0, 0.05) is 7.05 Å². The summed E-state index contributed by atoms with van der Waals surface area (Å²) in [4.78, 5) is 27.0. The van der Waals surface area contributed by atoms with Crippen LogP contribution in [0.5, 0.6) is 0 Å². The Bertz CT molecular complexity index is 391. The van der Waals surface area contributed by atoms with Crippen LogP contribution in [-0.4, -0.2) is 41.7 Å². The first-order chi connectivity index (χ1) is 8.93. The van der Waals surface area contributed by atoms with Crippen LogP contribution in [0, 0.1) is 5.92 Å². The molecular weight excluding hydrogens is 259 g/mol. The lowest BCUT2D eigenvalue weighted by atomic mass is 9.94. The monoisotopic (exact) mass is 280 g/mol. The second kappa shape index (κ2) is 6.84. The molecule has 0 saturated carbocycles. The molecule has 4 nitrogen and oxygen atoms in total. The predicted molar refractivity (Wildman–Crippen MR) is 82.1 cm³/mol. The third-order valence-electron chi connectivity index (χ3n) is 3.37. The Hall–Kier alpha value is -1.17. The molecule has 19 heavy (non-hydrogen) atoms. The smallest absolute Gasteiger partial charge is 0.264 e. The SMILES string of the molecule is BN1C(=O)/C(=C/C(CCC)CCC)C(=O)N(C)C1=S. The number of carbonyl (C=O) groups is 2. The van der Waals surface area contributed by atoms with Gasteiger partial charge in [0.1, 0.15) is 5.57 Å². The van der Waals surface area contributed by atoms with Gasteiger partial charge in [-0.3, -0.25) is 14.5 Å². The van der Waals surface area contributed by atoms with Crippen molar-refractivity contribution < 1.29 is 9.59 Å². The lowest BCUT2D eigenvalue weighted by Gasteiger charge is -2.33. The number of rotatable bonds is 5. The number of allylic oxidation sites excluding steroid dienone is 1. The third kappa shape index (κ3) is 3.44. The average molecular weight is 280 g/mol. The van der Waals surface area contributed by atoms with E-state index in [1.54, 1.807) is 15.0 Å². The van der Waals surface area contributed by atoms with Crippen LogP contribution < -0.4 is 0 Å². The highest BCUT2D eigenvalue weighted by Crippen LogP contribution is 2.21. The molecule has 1 rings (SSSR count). The maximum atomic E-state index is 12.2. The molecule has 0 atom stereocenters. The minimum Gasteiger partial charge on any atom is -0.338 e. The highest BCUT2D eigenvalue weighted by atomic mass is 32.1. The molecule has 0 radical (unpaired) electrons. The number of thiocarbonyl (C=S) groups is 1. The van der Waals surface area contributed by atoms with Gasteiger partial charge >= 0.3 is 0 Å². The van der Waals surface area contributed by atoms with Crippen LogP contribution in [0.2, 0.25) is 0 Å². The topological polar surface area (TPSA) is 40.6 Å². The van der Waals surface area contributed by atoms with Crippen LogP contribution >= 0.6 is 12.2 Å².